The van der Waals surface area contributed by atoms with Gasteiger partial charge in [0.1, 0.15) is 0 Å². The van der Waals surface area contributed by atoms with Crippen LogP contribution in [0.4, 0.5) is 10.2 Å². The van der Waals surface area contributed by atoms with Crippen molar-refractivity contribution < 1.29 is 13.9 Å². The molecule has 2 heterocycles. The van der Waals surface area contributed by atoms with E-state index in [4.69, 9.17) is 14.5 Å². The van der Waals surface area contributed by atoms with Crippen LogP contribution in [0.15, 0.2) is 41.5 Å². The summed E-state index contributed by atoms with van der Waals surface area (Å²) in [6.45, 7) is 5.00. The minimum atomic E-state index is -0.279. The van der Waals surface area contributed by atoms with Crippen LogP contribution in [0.25, 0.3) is 0 Å². The standard InChI is InChI=1S/C23H32FN5O2.HI/c1-4-25-23(27-13-5-7-17-9-10-20(30-2)21(15-17)31-3)28-18-11-14-29(16-18)22-19(24)8-6-12-26-22;/h6,8-10,12,15,18H,4-5,7,11,13-14,16H2,1-3H3,(H2,25,27,28);1H. The van der Waals surface area contributed by atoms with E-state index >= 15 is 0 Å². The zero-order valence-electron chi connectivity index (χ0n) is 18.9. The maximum absolute atomic E-state index is 14.0. The summed E-state index contributed by atoms with van der Waals surface area (Å²) in [4.78, 5) is 10.9. The molecule has 0 bridgehead atoms. The van der Waals surface area contributed by atoms with Crippen molar-refractivity contribution in [2.75, 3.05) is 45.3 Å². The van der Waals surface area contributed by atoms with Crippen LogP contribution in [0.5, 0.6) is 11.5 Å². The highest BCUT2D eigenvalue weighted by Crippen LogP contribution is 2.28. The summed E-state index contributed by atoms with van der Waals surface area (Å²) < 4.78 is 24.7. The Morgan fingerprint density at radius 1 is 1.25 bits per heavy atom. The Morgan fingerprint density at radius 2 is 2.06 bits per heavy atom. The summed E-state index contributed by atoms with van der Waals surface area (Å²) in [6.07, 6.45) is 4.36. The lowest BCUT2D eigenvalue weighted by Gasteiger charge is -2.20. The normalized spacial score (nSPS) is 15.8. The number of halogens is 2. The first-order chi connectivity index (χ1) is 15.1. The van der Waals surface area contributed by atoms with E-state index in [1.807, 2.05) is 24.0 Å². The predicted octanol–water partition coefficient (Wildman–Crippen LogP) is 3.62. The van der Waals surface area contributed by atoms with E-state index in [9.17, 15) is 4.39 Å². The summed E-state index contributed by atoms with van der Waals surface area (Å²) in [5.74, 6) is 2.42. The number of nitrogens with zero attached hydrogens (tertiary/aromatic N) is 3. The van der Waals surface area contributed by atoms with Gasteiger partial charge in [-0.25, -0.2) is 9.37 Å². The van der Waals surface area contributed by atoms with Crippen LogP contribution in [0.2, 0.25) is 0 Å². The SMILES string of the molecule is CCNC(=NCCCc1ccc(OC)c(OC)c1)NC1CCN(c2ncccc2F)C1.I. The Labute approximate surface area is 206 Å². The van der Waals surface area contributed by atoms with Gasteiger partial charge in [-0.2, -0.15) is 0 Å². The van der Waals surface area contributed by atoms with Gasteiger partial charge in [-0.3, -0.25) is 4.99 Å². The summed E-state index contributed by atoms with van der Waals surface area (Å²) in [7, 11) is 3.28. The highest BCUT2D eigenvalue weighted by Gasteiger charge is 2.25. The van der Waals surface area contributed by atoms with Gasteiger partial charge in [0.2, 0.25) is 0 Å². The molecule has 0 spiro atoms. The van der Waals surface area contributed by atoms with Gasteiger partial charge in [0.15, 0.2) is 29.1 Å². The Bertz CT molecular complexity index is 883. The lowest BCUT2D eigenvalue weighted by Crippen LogP contribution is -2.44. The van der Waals surface area contributed by atoms with Crippen molar-refractivity contribution in [1.29, 1.82) is 0 Å². The smallest absolute Gasteiger partial charge is 0.191 e. The summed E-state index contributed by atoms with van der Waals surface area (Å²) in [5.41, 5.74) is 1.19. The van der Waals surface area contributed by atoms with Gasteiger partial charge in [0, 0.05) is 38.4 Å². The molecule has 176 valence electrons. The number of anilines is 1. The van der Waals surface area contributed by atoms with Crippen LogP contribution >= 0.6 is 24.0 Å². The molecule has 7 nitrogen and oxygen atoms in total. The van der Waals surface area contributed by atoms with Crippen LogP contribution < -0.4 is 25.0 Å². The van der Waals surface area contributed by atoms with Crippen LogP contribution in [-0.2, 0) is 6.42 Å². The van der Waals surface area contributed by atoms with Crippen molar-refractivity contribution in [2.24, 2.45) is 4.99 Å². The fourth-order valence-electron chi connectivity index (χ4n) is 3.70. The number of hydrogen-bond acceptors (Lipinski definition) is 5. The number of guanidine groups is 1. The molecule has 1 unspecified atom stereocenters. The summed E-state index contributed by atoms with van der Waals surface area (Å²) in [6, 6.07) is 9.26. The first-order valence-corrected chi connectivity index (χ1v) is 10.8. The Morgan fingerprint density at radius 3 is 2.78 bits per heavy atom. The third kappa shape index (κ3) is 7.11. The van der Waals surface area contributed by atoms with Gasteiger partial charge in [-0.05, 0) is 56.0 Å². The molecule has 1 fully saturated rings. The number of aromatic nitrogens is 1. The molecule has 1 aliphatic heterocycles. The van der Waals surface area contributed by atoms with E-state index < -0.39 is 0 Å². The topological polar surface area (TPSA) is 71.0 Å². The maximum Gasteiger partial charge on any atom is 0.191 e. The zero-order valence-corrected chi connectivity index (χ0v) is 21.3. The van der Waals surface area contributed by atoms with Crippen LogP contribution in [0, 0.1) is 5.82 Å². The number of aliphatic imine (C=N–C) groups is 1. The van der Waals surface area contributed by atoms with E-state index in [0.717, 1.165) is 49.8 Å². The van der Waals surface area contributed by atoms with Crippen molar-refractivity contribution in [2.45, 2.75) is 32.2 Å². The molecule has 0 saturated carbocycles. The molecule has 1 atom stereocenters. The molecule has 1 aliphatic rings. The maximum atomic E-state index is 14.0. The zero-order chi connectivity index (χ0) is 22.1. The van der Waals surface area contributed by atoms with Crippen LogP contribution in [-0.4, -0.2) is 57.4 Å². The molecule has 32 heavy (non-hydrogen) atoms. The number of pyridine rings is 1. The highest BCUT2D eigenvalue weighted by molar-refractivity contribution is 14.0. The van der Waals surface area contributed by atoms with Crippen molar-refractivity contribution in [3.63, 3.8) is 0 Å². The second-order valence-corrected chi connectivity index (χ2v) is 7.44. The molecule has 2 aromatic rings. The number of aryl methyl sites for hydroxylation is 1. The molecule has 1 aromatic carbocycles. The molecular formula is C23H33FIN5O2. The molecule has 3 rings (SSSR count). The average molecular weight is 557 g/mol. The Balaban J connectivity index is 0.00000363. The lowest BCUT2D eigenvalue weighted by molar-refractivity contribution is 0.354. The molecule has 1 saturated heterocycles. The second kappa shape index (κ2) is 13.3. The molecule has 0 radical (unpaired) electrons. The third-order valence-corrected chi connectivity index (χ3v) is 5.25. The van der Waals surface area contributed by atoms with E-state index in [1.165, 1.54) is 11.6 Å². The number of ether oxygens (including phenoxy) is 2. The van der Waals surface area contributed by atoms with Gasteiger partial charge in [0.05, 0.1) is 14.2 Å². The Kier molecular flexibility index (Phi) is 10.8. The number of hydrogen-bond donors (Lipinski definition) is 2. The molecule has 9 heteroatoms. The van der Waals surface area contributed by atoms with E-state index in [1.54, 1.807) is 26.5 Å². The van der Waals surface area contributed by atoms with Gasteiger partial charge < -0.3 is 25.0 Å². The highest BCUT2D eigenvalue weighted by atomic mass is 127. The molecule has 1 aromatic heterocycles. The van der Waals surface area contributed by atoms with Crippen LogP contribution in [0.1, 0.15) is 25.3 Å². The monoisotopic (exact) mass is 557 g/mol. The summed E-state index contributed by atoms with van der Waals surface area (Å²) in [5, 5.41) is 6.78. The first kappa shape index (κ1) is 26.0. The van der Waals surface area contributed by atoms with E-state index in [2.05, 4.69) is 21.7 Å². The fraction of sp³-hybridized carbons (Fsp3) is 0.478. The molecule has 2 N–H and O–H groups in total. The number of methoxy groups -OCH3 is 2. The van der Waals surface area contributed by atoms with E-state index in [-0.39, 0.29) is 35.8 Å². The van der Waals surface area contributed by atoms with E-state index in [0.29, 0.717) is 18.9 Å². The average Bonchev–Trinajstić information content (AvgIpc) is 3.25. The Hall–Kier alpha value is -2.30. The van der Waals surface area contributed by atoms with Gasteiger partial charge in [0.25, 0.3) is 0 Å². The van der Waals surface area contributed by atoms with Crippen molar-refractivity contribution in [3.05, 3.63) is 47.9 Å². The van der Waals surface area contributed by atoms with Gasteiger partial charge in [-0.1, -0.05) is 6.07 Å². The summed E-state index contributed by atoms with van der Waals surface area (Å²) >= 11 is 0. The minimum absolute atomic E-state index is 0. The molecule has 0 aliphatic carbocycles. The minimum Gasteiger partial charge on any atom is -0.493 e. The lowest BCUT2D eigenvalue weighted by atomic mass is 10.1. The number of rotatable bonds is 9. The second-order valence-electron chi connectivity index (χ2n) is 7.44. The van der Waals surface area contributed by atoms with Crippen molar-refractivity contribution in [3.8, 4) is 11.5 Å². The van der Waals surface area contributed by atoms with Gasteiger partial charge in [-0.15, -0.1) is 24.0 Å². The fourth-order valence-corrected chi connectivity index (χ4v) is 3.70. The molecule has 0 amide bonds. The third-order valence-electron chi connectivity index (χ3n) is 5.25. The van der Waals surface area contributed by atoms with Crippen molar-refractivity contribution in [1.82, 2.24) is 15.6 Å². The van der Waals surface area contributed by atoms with Crippen LogP contribution in [0.3, 0.4) is 0 Å². The van der Waals surface area contributed by atoms with Crippen molar-refractivity contribution >= 4 is 35.8 Å². The molecular weight excluding hydrogens is 524 g/mol. The number of benzene rings is 1. The predicted molar refractivity (Wildman–Crippen MR) is 137 cm³/mol. The first-order valence-electron chi connectivity index (χ1n) is 10.8. The quantitative estimate of drug-likeness (QED) is 0.213. The largest absolute Gasteiger partial charge is 0.493 e. The number of nitrogens with one attached hydrogen (secondary N) is 2. The van der Waals surface area contributed by atoms with Gasteiger partial charge >= 0.3 is 0 Å².